The Morgan fingerprint density at radius 2 is 1.60 bits per heavy atom. The van der Waals surface area contributed by atoms with Crippen molar-refractivity contribution in [3.8, 4) is 0 Å². The highest BCUT2D eigenvalue weighted by Crippen LogP contribution is 2.47. The molecule has 0 atom stereocenters. The van der Waals surface area contributed by atoms with Gasteiger partial charge in [-0.2, -0.15) is 0 Å². The largest absolute Gasteiger partial charge is 0.396 e. The number of rotatable bonds is 5. The molecule has 2 amide bonds. The highest BCUT2D eigenvalue weighted by molar-refractivity contribution is 5.98. The highest BCUT2D eigenvalue weighted by Gasteiger charge is 2.46. The number of imide groups is 1. The number of carbonyl (C=O) groups excluding carboxylic acids is 2. The van der Waals surface area contributed by atoms with Crippen LogP contribution in [0, 0.1) is 10.8 Å². The second-order valence-electron chi connectivity index (χ2n) is 6.80. The van der Waals surface area contributed by atoms with Gasteiger partial charge in [-0.05, 0) is 31.1 Å². The molecule has 1 aliphatic heterocycles. The maximum Gasteiger partial charge on any atom is 0.229 e. The number of hydrogen-bond acceptors (Lipinski definition) is 3. The third-order valence-electron chi connectivity index (χ3n) is 5.65. The Hall–Kier alpha value is -0.900. The summed E-state index contributed by atoms with van der Waals surface area (Å²) in [5, 5.41) is 9.64. The quantitative estimate of drug-likeness (QED) is 0.788. The Kier molecular flexibility index (Phi) is 4.52. The van der Waals surface area contributed by atoms with Crippen LogP contribution in [0.15, 0.2) is 0 Å². The molecule has 0 aromatic carbocycles. The number of amides is 2. The van der Waals surface area contributed by atoms with E-state index in [0.717, 1.165) is 38.5 Å². The lowest BCUT2D eigenvalue weighted by molar-refractivity contribution is -0.156. The van der Waals surface area contributed by atoms with Gasteiger partial charge in [0, 0.05) is 24.8 Å². The van der Waals surface area contributed by atoms with Crippen LogP contribution < -0.4 is 0 Å². The first-order valence-corrected chi connectivity index (χ1v) is 7.94. The molecular weight excluding hydrogens is 254 g/mol. The fraction of sp³-hybridized carbons (Fsp3) is 0.875. The first kappa shape index (κ1) is 15.5. The fourth-order valence-corrected chi connectivity index (χ4v) is 3.77. The van der Waals surface area contributed by atoms with Crippen LogP contribution in [0.1, 0.15) is 65.2 Å². The molecule has 0 radical (unpaired) electrons. The lowest BCUT2D eigenvalue weighted by Crippen LogP contribution is -2.51. The molecule has 2 fully saturated rings. The van der Waals surface area contributed by atoms with E-state index < -0.39 is 0 Å². The Morgan fingerprint density at radius 1 is 1.10 bits per heavy atom. The van der Waals surface area contributed by atoms with Gasteiger partial charge in [0.25, 0.3) is 0 Å². The van der Waals surface area contributed by atoms with Gasteiger partial charge in [0.05, 0.1) is 6.61 Å². The van der Waals surface area contributed by atoms with Crippen molar-refractivity contribution in [1.29, 1.82) is 0 Å². The lowest BCUT2D eigenvalue weighted by Gasteiger charge is -2.41. The van der Waals surface area contributed by atoms with E-state index in [9.17, 15) is 14.7 Å². The fourth-order valence-electron chi connectivity index (χ4n) is 3.77. The number of piperidine rings is 1. The molecule has 0 aromatic heterocycles. The molecule has 2 rings (SSSR count). The predicted molar refractivity (Wildman–Crippen MR) is 77.0 cm³/mol. The molecule has 1 spiro atoms. The van der Waals surface area contributed by atoms with Crippen molar-refractivity contribution in [2.75, 3.05) is 13.2 Å². The number of carbonyl (C=O) groups is 2. The maximum absolute atomic E-state index is 12.4. The molecule has 20 heavy (non-hydrogen) atoms. The van der Waals surface area contributed by atoms with Crippen molar-refractivity contribution in [3.63, 3.8) is 0 Å². The minimum absolute atomic E-state index is 0.0251. The zero-order chi connectivity index (χ0) is 14.8. The van der Waals surface area contributed by atoms with Gasteiger partial charge >= 0.3 is 0 Å². The summed E-state index contributed by atoms with van der Waals surface area (Å²) in [6.07, 6.45) is 6.93. The van der Waals surface area contributed by atoms with Crippen LogP contribution in [0.5, 0.6) is 0 Å². The van der Waals surface area contributed by atoms with E-state index in [4.69, 9.17) is 0 Å². The van der Waals surface area contributed by atoms with Gasteiger partial charge in [-0.1, -0.05) is 26.7 Å². The van der Waals surface area contributed by atoms with Crippen molar-refractivity contribution in [2.45, 2.75) is 65.2 Å². The zero-order valence-corrected chi connectivity index (χ0v) is 12.8. The Balaban J connectivity index is 2.10. The van der Waals surface area contributed by atoms with Gasteiger partial charge in [-0.3, -0.25) is 14.5 Å². The molecule has 1 saturated heterocycles. The summed E-state index contributed by atoms with van der Waals surface area (Å²) in [4.78, 5) is 26.3. The number of aliphatic hydroxyl groups excluding tert-OH is 1. The summed E-state index contributed by atoms with van der Waals surface area (Å²) < 4.78 is 0. The zero-order valence-electron chi connectivity index (χ0n) is 12.8. The summed E-state index contributed by atoms with van der Waals surface area (Å²) >= 11 is 0. The lowest BCUT2D eigenvalue weighted by atomic mass is 9.75. The number of hydrogen-bond donors (Lipinski definition) is 1. The van der Waals surface area contributed by atoms with Crippen LogP contribution in [0.25, 0.3) is 0 Å². The minimum Gasteiger partial charge on any atom is -0.396 e. The molecular formula is C16H27NO3. The molecule has 0 bridgehead atoms. The van der Waals surface area contributed by atoms with Crippen molar-refractivity contribution in [3.05, 3.63) is 0 Å². The second kappa shape index (κ2) is 5.84. The third kappa shape index (κ3) is 2.76. The minimum atomic E-state index is -0.328. The summed E-state index contributed by atoms with van der Waals surface area (Å²) in [5.74, 6) is -0.0502. The molecule has 4 nitrogen and oxygen atoms in total. The Morgan fingerprint density at radius 3 is 2.00 bits per heavy atom. The SMILES string of the molecule is CCC(CC)(CO)CN1C(=O)CC2(CCCC2)CC1=O. The average Bonchev–Trinajstić information content (AvgIpc) is 2.87. The summed E-state index contributed by atoms with van der Waals surface area (Å²) in [6.45, 7) is 4.43. The number of likely N-dealkylation sites (tertiary alicyclic amines) is 1. The van der Waals surface area contributed by atoms with E-state index in [1.54, 1.807) is 0 Å². The van der Waals surface area contributed by atoms with E-state index in [1.807, 2.05) is 13.8 Å². The number of nitrogens with zero attached hydrogens (tertiary/aromatic N) is 1. The predicted octanol–water partition coefficient (Wildman–Crippen LogP) is 2.49. The molecule has 114 valence electrons. The van der Waals surface area contributed by atoms with Crippen LogP contribution in [0.4, 0.5) is 0 Å². The number of aliphatic hydroxyl groups is 1. The van der Waals surface area contributed by atoms with Crippen LogP contribution in [0.3, 0.4) is 0 Å². The van der Waals surface area contributed by atoms with Crippen LogP contribution in [-0.4, -0.2) is 35.0 Å². The van der Waals surface area contributed by atoms with Gasteiger partial charge in [0.1, 0.15) is 0 Å². The monoisotopic (exact) mass is 281 g/mol. The molecule has 1 N–H and O–H groups in total. The van der Waals surface area contributed by atoms with E-state index in [0.29, 0.717) is 19.4 Å². The molecule has 2 aliphatic rings. The van der Waals surface area contributed by atoms with Gasteiger partial charge in [0.15, 0.2) is 0 Å². The van der Waals surface area contributed by atoms with Crippen molar-refractivity contribution < 1.29 is 14.7 Å². The van der Waals surface area contributed by atoms with E-state index >= 15 is 0 Å². The van der Waals surface area contributed by atoms with Crippen molar-refractivity contribution in [2.24, 2.45) is 10.8 Å². The van der Waals surface area contributed by atoms with Gasteiger partial charge in [-0.25, -0.2) is 0 Å². The highest BCUT2D eigenvalue weighted by atomic mass is 16.3. The summed E-state index contributed by atoms with van der Waals surface area (Å²) in [6, 6.07) is 0. The second-order valence-corrected chi connectivity index (χ2v) is 6.80. The molecule has 0 unspecified atom stereocenters. The topological polar surface area (TPSA) is 57.6 Å². The smallest absolute Gasteiger partial charge is 0.229 e. The van der Waals surface area contributed by atoms with Crippen LogP contribution in [-0.2, 0) is 9.59 Å². The normalized spacial score (nSPS) is 22.9. The van der Waals surface area contributed by atoms with E-state index in [-0.39, 0.29) is 29.3 Å². The van der Waals surface area contributed by atoms with E-state index in [2.05, 4.69) is 0 Å². The average molecular weight is 281 g/mol. The van der Waals surface area contributed by atoms with Gasteiger partial charge in [0.2, 0.25) is 11.8 Å². The Bertz CT molecular complexity index is 353. The maximum atomic E-state index is 12.4. The molecule has 1 aliphatic carbocycles. The first-order chi connectivity index (χ1) is 9.50. The Labute approximate surface area is 121 Å². The molecule has 0 aromatic rings. The summed E-state index contributed by atoms with van der Waals surface area (Å²) in [5.41, 5.74) is -0.365. The van der Waals surface area contributed by atoms with Crippen LogP contribution >= 0.6 is 0 Å². The standard InChI is InChI=1S/C16H27NO3/c1-3-15(4-2,12-18)11-17-13(19)9-16(10-14(17)20)7-5-6-8-16/h18H,3-12H2,1-2H3. The summed E-state index contributed by atoms with van der Waals surface area (Å²) in [7, 11) is 0. The van der Waals surface area contributed by atoms with Crippen LogP contribution in [0.2, 0.25) is 0 Å². The molecule has 4 heteroatoms. The van der Waals surface area contributed by atoms with Gasteiger partial charge < -0.3 is 5.11 Å². The van der Waals surface area contributed by atoms with Gasteiger partial charge in [-0.15, -0.1) is 0 Å². The van der Waals surface area contributed by atoms with Crippen molar-refractivity contribution >= 4 is 11.8 Å². The molecule has 1 heterocycles. The van der Waals surface area contributed by atoms with Crippen molar-refractivity contribution in [1.82, 2.24) is 4.90 Å². The molecule has 1 saturated carbocycles. The van der Waals surface area contributed by atoms with E-state index in [1.165, 1.54) is 4.90 Å². The first-order valence-electron chi connectivity index (χ1n) is 7.94. The third-order valence-corrected chi connectivity index (χ3v) is 5.65.